The molecule has 0 saturated carbocycles. The zero-order chi connectivity index (χ0) is 15.4. The summed E-state index contributed by atoms with van der Waals surface area (Å²) in [7, 11) is 2.99. The van der Waals surface area contributed by atoms with Gasteiger partial charge in [0.2, 0.25) is 0 Å². The number of benzene rings is 1. The van der Waals surface area contributed by atoms with Crippen molar-refractivity contribution in [1.29, 1.82) is 0 Å². The number of hydrogen-bond acceptors (Lipinski definition) is 4. The number of pyridine rings is 1. The first kappa shape index (κ1) is 15.4. The molecule has 1 amide bonds. The van der Waals surface area contributed by atoms with Gasteiger partial charge in [-0.2, -0.15) is 0 Å². The molecule has 0 aliphatic rings. The Morgan fingerprint density at radius 2 is 1.86 bits per heavy atom. The van der Waals surface area contributed by atoms with Gasteiger partial charge >= 0.3 is 0 Å². The highest BCUT2D eigenvalue weighted by molar-refractivity contribution is 6.32. The zero-order valence-electron chi connectivity index (χ0n) is 11.3. The Morgan fingerprint density at radius 3 is 2.48 bits per heavy atom. The molecule has 2 aromatic rings. The lowest BCUT2D eigenvalue weighted by atomic mass is 10.2. The molecule has 0 spiro atoms. The molecule has 21 heavy (non-hydrogen) atoms. The Bertz CT molecular complexity index is 677. The summed E-state index contributed by atoms with van der Waals surface area (Å²) in [5.41, 5.74) is 0.810. The Balaban J connectivity index is 2.30. The zero-order valence-corrected chi connectivity index (χ0v) is 12.8. The van der Waals surface area contributed by atoms with Crippen molar-refractivity contribution in [2.45, 2.75) is 0 Å². The summed E-state index contributed by atoms with van der Waals surface area (Å²) in [5, 5.41) is 3.31. The van der Waals surface area contributed by atoms with E-state index < -0.39 is 0 Å². The molecule has 2 rings (SSSR count). The normalized spacial score (nSPS) is 10.1. The highest BCUT2D eigenvalue weighted by Crippen LogP contribution is 2.36. The first-order valence-electron chi connectivity index (χ1n) is 5.89. The van der Waals surface area contributed by atoms with Crippen LogP contribution in [0.1, 0.15) is 10.4 Å². The van der Waals surface area contributed by atoms with Crippen molar-refractivity contribution >= 4 is 34.8 Å². The van der Waals surface area contributed by atoms with Crippen LogP contribution < -0.4 is 14.8 Å². The Hall–Kier alpha value is -1.98. The topological polar surface area (TPSA) is 60.5 Å². The summed E-state index contributed by atoms with van der Waals surface area (Å²) in [5.74, 6) is 0.544. The second kappa shape index (κ2) is 6.65. The minimum absolute atomic E-state index is 0.238. The van der Waals surface area contributed by atoms with E-state index >= 15 is 0 Å². The number of hydrogen-bond donors (Lipinski definition) is 1. The number of carbonyl (C=O) groups is 1. The maximum Gasteiger partial charge on any atom is 0.255 e. The van der Waals surface area contributed by atoms with E-state index in [2.05, 4.69) is 10.3 Å². The van der Waals surface area contributed by atoms with Gasteiger partial charge < -0.3 is 14.8 Å². The van der Waals surface area contributed by atoms with Crippen LogP contribution in [0.25, 0.3) is 0 Å². The molecule has 0 fully saturated rings. The summed E-state index contributed by atoms with van der Waals surface area (Å²) >= 11 is 11.8. The van der Waals surface area contributed by atoms with Crippen LogP contribution in [0.4, 0.5) is 5.69 Å². The second-order valence-corrected chi connectivity index (χ2v) is 4.80. The minimum atomic E-state index is -0.348. The monoisotopic (exact) mass is 326 g/mol. The maximum atomic E-state index is 12.2. The maximum absolute atomic E-state index is 12.2. The third kappa shape index (κ3) is 3.56. The molecule has 0 radical (unpaired) electrons. The van der Waals surface area contributed by atoms with Crippen molar-refractivity contribution in [3.8, 4) is 11.5 Å². The summed E-state index contributed by atoms with van der Waals surface area (Å²) in [6.07, 6.45) is 1.45. The predicted molar refractivity (Wildman–Crippen MR) is 81.8 cm³/mol. The number of nitrogens with one attached hydrogen (secondary N) is 1. The van der Waals surface area contributed by atoms with Crippen molar-refractivity contribution < 1.29 is 14.3 Å². The number of nitrogens with zero attached hydrogens (tertiary/aromatic N) is 1. The van der Waals surface area contributed by atoms with Crippen molar-refractivity contribution in [1.82, 2.24) is 4.98 Å². The number of rotatable bonds is 4. The number of halogens is 2. The van der Waals surface area contributed by atoms with Gasteiger partial charge in [-0.05, 0) is 18.2 Å². The highest BCUT2D eigenvalue weighted by Gasteiger charge is 2.14. The van der Waals surface area contributed by atoms with Crippen LogP contribution in [0.2, 0.25) is 10.2 Å². The van der Waals surface area contributed by atoms with Crippen molar-refractivity contribution in [3.05, 3.63) is 46.2 Å². The van der Waals surface area contributed by atoms with E-state index in [0.29, 0.717) is 27.8 Å². The van der Waals surface area contributed by atoms with Gasteiger partial charge in [-0.25, -0.2) is 4.98 Å². The molecular formula is C14H12Cl2N2O3. The van der Waals surface area contributed by atoms with Gasteiger partial charge in [0.25, 0.3) is 5.91 Å². The molecule has 1 heterocycles. The van der Waals surface area contributed by atoms with Crippen LogP contribution >= 0.6 is 23.2 Å². The number of methoxy groups -OCH3 is 2. The van der Waals surface area contributed by atoms with E-state index in [0.717, 1.165) is 0 Å². The highest BCUT2D eigenvalue weighted by atomic mass is 35.5. The lowest BCUT2D eigenvalue weighted by Gasteiger charge is -2.13. The Kier molecular flexibility index (Phi) is 4.88. The fraction of sp³-hybridized carbons (Fsp3) is 0.143. The molecule has 0 bridgehead atoms. The average Bonchev–Trinajstić information content (AvgIpc) is 2.47. The molecule has 0 saturated heterocycles. The molecule has 0 aliphatic carbocycles. The molecule has 1 aromatic heterocycles. The van der Waals surface area contributed by atoms with Crippen molar-refractivity contribution in [3.63, 3.8) is 0 Å². The molecule has 5 nitrogen and oxygen atoms in total. The van der Waals surface area contributed by atoms with E-state index in [9.17, 15) is 4.79 Å². The summed E-state index contributed by atoms with van der Waals surface area (Å²) < 4.78 is 10.3. The molecular weight excluding hydrogens is 315 g/mol. The molecule has 0 aliphatic heterocycles. The van der Waals surface area contributed by atoms with E-state index in [1.807, 2.05) is 0 Å². The molecule has 1 aromatic carbocycles. The smallest absolute Gasteiger partial charge is 0.255 e. The largest absolute Gasteiger partial charge is 0.495 e. The molecule has 0 unspecified atom stereocenters. The lowest BCUT2D eigenvalue weighted by molar-refractivity contribution is 0.102. The SMILES string of the molecule is COc1cc(OC)c(NC(=O)c2ccnc(Cl)c2)cc1Cl. The fourth-order valence-electron chi connectivity index (χ4n) is 1.70. The van der Waals surface area contributed by atoms with Gasteiger partial charge in [-0.3, -0.25) is 4.79 Å². The standard InChI is InChI=1S/C14H12Cl2N2O3/c1-20-11-7-12(21-2)10(6-9(11)15)18-14(19)8-3-4-17-13(16)5-8/h3-7H,1-2H3,(H,18,19). The Labute approximate surface area is 131 Å². The van der Waals surface area contributed by atoms with E-state index in [4.69, 9.17) is 32.7 Å². The quantitative estimate of drug-likeness (QED) is 0.871. The summed E-state index contributed by atoms with van der Waals surface area (Å²) in [4.78, 5) is 16.0. The van der Waals surface area contributed by atoms with Crippen molar-refractivity contribution in [2.75, 3.05) is 19.5 Å². The van der Waals surface area contributed by atoms with Gasteiger partial charge in [-0.1, -0.05) is 23.2 Å². The second-order valence-electron chi connectivity index (χ2n) is 4.01. The molecule has 1 N–H and O–H groups in total. The van der Waals surface area contributed by atoms with E-state index in [1.165, 1.54) is 26.5 Å². The third-order valence-corrected chi connectivity index (χ3v) is 3.21. The fourth-order valence-corrected chi connectivity index (χ4v) is 2.11. The minimum Gasteiger partial charge on any atom is -0.495 e. The number of aromatic nitrogens is 1. The predicted octanol–water partition coefficient (Wildman–Crippen LogP) is 3.66. The number of carbonyl (C=O) groups excluding carboxylic acids is 1. The van der Waals surface area contributed by atoms with Gasteiger partial charge in [0.1, 0.15) is 16.7 Å². The Morgan fingerprint density at radius 1 is 1.14 bits per heavy atom. The molecule has 0 atom stereocenters. The van der Waals surface area contributed by atoms with Crippen LogP contribution in [-0.4, -0.2) is 25.1 Å². The van der Waals surface area contributed by atoms with Crippen LogP contribution in [0.15, 0.2) is 30.5 Å². The van der Waals surface area contributed by atoms with Gasteiger partial charge in [-0.15, -0.1) is 0 Å². The average molecular weight is 327 g/mol. The van der Waals surface area contributed by atoms with Gasteiger partial charge in [0.05, 0.1) is 24.9 Å². The van der Waals surface area contributed by atoms with Crippen LogP contribution in [0.3, 0.4) is 0 Å². The van der Waals surface area contributed by atoms with Crippen LogP contribution in [0, 0.1) is 0 Å². The first-order valence-corrected chi connectivity index (χ1v) is 6.65. The van der Waals surface area contributed by atoms with Crippen LogP contribution in [0.5, 0.6) is 11.5 Å². The third-order valence-electron chi connectivity index (χ3n) is 2.71. The summed E-state index contributed by atoms with van der Waals surface area (Å²) in [6.45, 7) is 0. The van der Waals surface area contributed by atoms with Crippen LogP contribution in [-0.2, 0) is 0 Å². The van der Waals surface area contributed by atoms with E-state index in [-0.39, 0.29) is 11.1 Å². The first-order chi connectivity index (χ1) is 10.0. The number of amides is 1. The van der Waals surface area contributed by atoms with Crippen molar-refractivity contribution in [2.24, 2.45) is 0 Å². The van der Waals surface area contributed by atoms with Gasteiger partial charge in [0.15, 0.2) is 0 Å². The lowest BCUT2D eigenvalue weighted by Crippen LogP contribution is -2.13. The molecule has 110 valence electrons. The number of anilines is 1. The number of ether oxygens (including phenoxy) is 2. The van der Waals surface area contributed by atoms with E-state index in [1.54, 1.807) is 18.2 Å². The molecule has 7 heteroatoms. The summed E-state index contributed by atoms with van der Waals surface area (Å²) in [6, 6.07) is 6.17. The van der Waals surface area contributed by atoms with Gasteiger partial charge in [0, 0.05) is 17.8 Å².